The average molecular weight is 427 g/mol. The molecule has 0 saturated heterocycles. The zero-order chi connectivity index (χ0) is 15.5. The van der Waals surface area contributed by atoms with E-state index >= 15 is 0 Å². The first-order chi connectivity index (χ1) is 10.6. The van der Waals surface area contributed by atoms with Crippen molar-refractivity contribution >= 4 is 44.0 Å². The molecule has 0 aliphatic carbocycles. The summed E-state index contributed by atoms with van der Waals surface area (Å²) in [5.41, 5.74) is 3.62. The second-order valence-corrected chi connectivity index (χ2v) is 6.09. The molecular weight excluding hydrogens is 418 g/mol. The third kappa shape index (κ3) is 3.28. The molecule has 22 heavy (non-hydrogen) atoms. The lowest BCUT2D eigenvalue weighted by molar-refractivity contribution is 0.0954. The highest BCUT2D eigenvalue weighted by Crippen LogP contribution is 2.36. The van der Waals surface area contributed by atoms with E-state index in [1.807, 2.05) is 0 Å². The van der Waals surface area contributed by atoms with Crippen molar-refractivity contribution in [3.05, 3.63) is 50.7 Å². The van der Waals surface area contributed by atoms with Gasteiger partial charge >= 0.3 is 0 Å². The van der Waals surface area contributed by atoms with Crippen LogP contribution in [0, 0.1) is 0 Å². The maximum Gasteiger partial charge on any atom is 0.272 e. The van der Waals surface area contributed by atoms with Gasteiger partial charge in [-0.1, -0.05) is 0 Å². The molecule has 2 aromatic rings. The molecule has 0 radical (unpaired) electrons. The molecule has 3 rings (SSSR count). The predicted octanol–water partition coefficient (Wildman–Crippen LogP) is 3.10. The standard InChI is InChI=1S/C14H9Br2N3O3/c15-10-1-9(4-17-6-10)14(20)19-18-5-8-2-12-13(3-11(8)16)22-7-21-12/h1-6H,7H2,(H,19,20)/b18-5+. The summed E-state index contributed by atoms with van der Waals surface area (Å²) in [5, 5.41) is 3.94. The molecule has 1 N–H and O–H groups in total. The highest BCUT2D eigenvalue weighted by Gasteiger charge is 2.15. The fraction of sp³-hybridized carbons (Fsp3) is 0.0714. The van der Waals surface area contributed by atoms with Crippen LogP contribution in [0.25, 0.3) is 0 Å². The molecule has 0 spiro atoms. The van der Waals surface area contributed by atoms with Crippen LogP contribution < -0.4 is 14.9 Å². The monoisotopic (exact) mass is 425 g/mol. The van der Waals surface area contributed by atoms with Gasteiger partial charge < -0.3 is 9.47 Å². The Morgan fingerprint density at radius 3 is 2.77 bits per heavy atom. The van der Waals surface area contributed by atoms with E-state index in [1.54, 1.807) is 24.4 Å². The lowest BCUT2D eigenvalue weighted by Gasteiger charge is -2.02. The number of nitrogens with one attached hydrogen (secondary N) is 1. The number of amides is 1. The zero-order valence-corrected chi connectivity index (χ0v) is 14.2. The van der Waals surface area contributed by atoms with Crippen LogP contribution in [0.4, 0.5) is 0 Å². The molecule has 2 heterocycles. The second kappa shape index (κ2) is 6.45. The van der Waals surface area contributed by atoms with E-state index in [1.165, 1.54) is 12.4 Å². The van der Waals surface area contributed by atoms with Gasteiger partial charge in [0.25, 0.3) is 5.91 Å². The van der Waals surface area contributed by atoms with E-state index in [2.05, 4.69) is 47.4 Å². The van der Waals surface area contributed by atoms with Crippen molar-refractivity contribution in [2.24, 2.45) is 5.10 Å². The van der Waals surface area contributed by atoms with E-state index < -0.39 is 0 Å². The fourth-order valence-corrected chi connectivity index (χ4v) is 2.58. The van der Waals surface area contributed by atoms with Crippen LogP contribution >= 0.6 is 31.9 Å². The Bertz CT molecular complexity index is 765. The Morgan fingerprint density at radius 2 is 2.00 bits per heavy atom. The van der Waals surface area contributed by atoms with Crippen LogP contribution in [0.2, 0.25) is 0 Å². The predicted molar refractivity (Wildman–Crippen MR) is 87.3 cm³/mol. The first kappa shape index (κ1) is 15.0. The normalized spacial score (nSPS) is 12.6. The minimum absolute atomic E-state index is 0.203. The summed E-state index contributed by atoms with van der Waals surface area (Å²) in [6, 6.07) is 5.24. The Balaban J connectivity index is 1.71. The SMILES string of the molecule is O=C(N/N=C/c1cc2c(cc1Br)OCO2)c1cncc(Br)c1. The summed E-state index contributed by atoms with van der Waals surface area (Å²) >= 11 is 6.68. The van der Waals surface area contributed by atoms with Crippen molar-refractivity contribution in [2.45, 2.75) is 0 Å². The number of ether oxygens (including phenoxy) is 2. The topological polar surface area (TPSA) is 72.8 Å². The van der Waals surface area contributed by atoms with Gasteiger partial charge in [0.15, 0.2) is 11.5 Å². The zero-order valence-electron chi connectivity index (χ0n) is 11.0. The van der Waals surface area contributed by atoms with Gasteiger partial charge in [-0.05, 0) is 50.1 Å². The molecule has 0 fully saturated rings. The summed E-state index contributed by atoms with van der Waals surface area (Å²) in [7, 11) is 0. The third-order valence-electron chi connectivity index (χ3n) is 2.83. The molecule has 0 atom stereocenters. The van der Waals surface area contributed by atoms with Crippen LogP contribution in [-0.2, 0) is 0 Å². The number of aromatic nitrogens is 1. The molecule has 1 aromatic carbocycles. The van der Waals surface area contributed by atoms with E-state index in [-0.39, 0.29) is 12.7 Å². The molecule has 1 aromatic heterocycles. The molecule has 6 nitrogen and oxygen atoms in total. The molecule has 0 unspecified atom stereocenters. The molecule has 1 aliphatic heterocycles. The highest BCUT2D eigenvalue weighted by atomic mass is 79.9. The highest BCUT2D eigenvalue weighted by molar-refractivity contribution is 9.10. The molecule has 112 valence electrons. The van der Waals surface area contributed by atoms with E-state index in [0.29, 0.717) is 17.1 Å². The summed E-state index contributed by atoms with van der Waals surface area (Å²) in [5.74, 6) is 0.974. The second-order valence-electron chi connectivity index (χ2n) is 4.32. The van der Waals surface area contributed by atoms with Crippen molar-refractivity contribution < 1.29 is 14.3 Å². The fourth-order valence-electron chi connectivity index (χ4n) is 1.79. The van der Waals surface area contributed by atoms with Crippen LogP contribution in [-0.4, -0.2) is 23.9 Å². The number of halogens is 2. The van der Waals surface area contributed by atoms with Crippen LogP contribution in [0.15, 0.2) is 44.6 Å². The molecule has 8 heteroatoms. The number of carbonyl (C=O) groups excluding carboxylic acids is 1. The molecule has 0 bridgehead atoms. The minimum atomic E-state index is -0.345. The smallest absolute Gasteiger partial charge is 0.272 e. The maximum atomic E-state index is 11.9. The lowest BCUT2D eigenvalue weighted by Crippen LogP contribution is -2.17. The Kier molecular flexibility index (Phi) is 4.39. The van der Waals surface area contributed by atoms with Gasteiger partial charge in [0.05, 0.1) is 11.8 Å². The van der Waals surface area contributed by atoms with Crippen molar-refractivity contribution in [3.8, 4) is 11.5 Å². The van der Waals surface area contributed by atoms with Crippen molar-refractivity contribution in [2.75, 3.05) is 6.79 Å². The number of pyridine rings is 1. The first-order valence-electron chi connectivity index (χ1n) is 6.16. The van der Waals surface area contributed by atoms with Crippen molar-refractivity contribution in [1.82, 2.24) is 10.4 Å². The van der Waals surface area contributed by atoms with Gasteiger partial charge in [0.1, 0.15) is 0 Å². The number of rotatable bonds is 3. The maximum absolute atomic E-state index is 11.9. The number of nitrogens with zero attached hydrogens (tertiary/aromatic N) is 2. The first-order valence-corrected chi connectivity index (χ1v) is 7.75. The van der Waals surface area contributed by atoms with Gasteiger partial charge in [-0.3, -0.25) is 9.78 Å². The number of hydrogen-bond donors (Lipinski definition) is 1. The quantitative estimate of drug-likeness (QED) is 0.604. The van der Waals surface area contributed by atoms with Crippen LogP contribution in [0.3, 0.4) is 0 Å². The average Bonchev–Trinajstić information content (AvgIpc) is 2.94. The number of hydrazone groups is 1. The number of fused-ring (bicyclic) bond motifs is 1. The van der Waals surface area contributed by atoms with Crippen LogP contribution in [0.1, 0.15) is 15.9 Å². The minimum Gasteiger partial charge on any atom is -0.454 e. The van der Waals surface area contributed by atoms with Gasteiger partial charge in [0.2, 0.25) is 6.79 Å². The van der Waals surface area contributed by atoms with E-state index in [9.17, 15) is 4.79 Å². The van der Waals surface area contributed by atoms with Gasteiger partial charge in [-0.15, -0.1) is 0 Å². The third-order valence-corrected chi connectivity index (χ3v) is 3.95. The van der Waals surface area contributed by atoms with Crippen LogP contribution in [0.5, 0.6) is 11.5 Å². The Morgan fingerprint density at radius 1 is 1.23 bits per heavy atom. The van der Waals surface area contributed by atoms with E-state index in [0.717, 1.165) is 14.5 Å². The number of benzene rings is 1. The van der Waals surface area contributed by atoms with Gasteiger partial charge in [-0.25, -0.2) is 5.43 Å². The molecule has 1 amide bonds. The summed E-state index contributed by atoms with van der Waals surface area (Å²) in [4.78, 5) is 15.8. The summed E-state index contributed by atoms with van der Waals surface area (Å²) in [6.07, 6.45) is 4.59. The Hall–Kier alpha value is -1.93. The molecule has 0 saturated carbocycles. The molecular formula is C14H9Br2N3O3. The number of carbonyl (C=O) groups is 1. The largest absolute Gasteiger partial charge is 0.454 e. The van der Waals surface area contributed by atoms with Crippen molar-refractivity contribution in [3.63, 3.8) is 0 Å². The number of hydrogen-bond acceptors (Lipinski definition) is 5. The summed E-state index contributed by atoms with van der Waals surface area (Å²) < 4.78 is 12.1. The Labute approximate surface area is 142 Å². The van der Waals surface area contributed by atoms with E-state index in [4.69, 9.17) is 9.47 Å². The van der Waals surface area contributed by atoms with Gasteiger partial charge in [-0.2, -0.15) is 5.10 Å². The lowest BCUT2D eigenvalue weighted by atomic mass is 10.2. The van der Waals surface area contributed by atoms with Gasteiger partial charge in [0, 0.05) is 26.9 Å². The summed E-state index contributed by atoms with van der Waals surface area (Å²) in [6.45, 7) is 0.203. The molecule has 1 aliphatic rings. The van der Waals surface area contributed by atoms with Crippen molar-refractivity contribution in [1.29, 1.82) is 0 Å².